The summed E-state index contributed by atoms with van der Waals surface area (Å²) in [5, 5.41) is 0. The summed E-state index contributed by atoms with van der Waals surface area (Å²) in [7, 11) is 3.33. The van der Waals surface area contributed by atoms with Crippen molar-refractivity contribution in [2.24, 2.45) is 0 Å². The molecule has 6 nitrogen and oxygen atoms in total. The zero-order valence-electron chi connectivity index (χ0n) is 15.7. The fraction of sp³-hybridized carbons (Fsp3) is 0.350. The number of pyridine rings is 1. The molecule has 1 aliphatic rings. The number of likely N-dealkylation sites (tertiary alicyclic amines) is 1. The van der Waals surface area contributed by atoms with Crippen LogP contribution in [0, 0.1) is 11.6 Å². The summed E-state index contributed by atoms with van der Waals surface area (Å²) in [6.07, 6.45) is 2.40. The first-order valence-electron chi connectivity index (χ1n) is 8.94. The molecule has 0 bridgehead atoms. The van der Waals surface area contributed by atoms with E-state index < -0.39 is 17.5 Å². The number of hydrogen-bond donors (Lipinski definition) is 0. The van der Waals surface area contributed by atoms with Crippen molar-refractivity contribution in [3.8, 4) is 5.88 Å². The molecule has 1 aliphatic heterocycles. The summed E-state index contributed by atoms with van der Waals surface area (Å²) in [6.45, 7) is 0.743. The fourth-order valence-corrected chi connectivity index (χ4v) is 3.02. The quantitative estimate of drug-likeness (QED) is 0.807. The zero-order valence-corrected chi connectivity index (χ0v) is 15.7. The number of halogens is 2. The lowest BCUT2D eigenvalue weighted by atomic mass is 10.1. The fourth-order valence-electron chi connectivity index (χ4n) is 3.02. The van der Waals surface area contributed by atoms with E-state index in [1.165, 1.54) is 28.1 Å². The van der Waals surface area contributed by atoms with Crippen LogP contribution in [-0.4, -0.2) is 59.9 Å². The van der Waals surface area contributed by atoms with Gasteiger partial charge in [-0.1, -0.05) is 6.07 Å². The highest BCUT2D eigenvalue weighted by atomic mass is 19.2. The SMILES string of the molecule is CN(C)C(=O)c1ccc(OC2CCN(C(=O)c3cccc(F)c3F)CC2)nc1. The Kier molecular flexibility index (Phi) is 5.87. The van der Waals surface area contributed by atoms with Crippen molar-refractivity contribution in [1.82, 2.24) is 14.8 Å². The Morgan fingerprint density at radius 2 is 1.86 bits per heavy atom. The number of rotatable bonds is 4. The topological polar surface area (TPSA) is 62.7 Å². The molecule has 0 saturated carbocycles. The van der Waals surface area contributed by atoms with Gasteiger partial charge in [0.05, 0.1) is 11.1 Å². The minimum Gasteiger partial charge on any atom is -0.474 e. The van der Waals surface area contributed by atoms with Crippen molar-refractivity contribution in [2.75, 3.05) is 27.2 Å². The van der Waals surface area contributed by atoms with Gasteiger partial charge in [-0.2, -0.15) is 0 Å². The smallest absolute Gasteiger partial charge is 0.256 e. The van der Waals surface area contributed by atoms with Gasteiger partial charge in [0.15, 0.2) is 11.6 Å². The Hall–Kier alpha value is -3.03. The normalized spacial score (nSPS) is 14.6. The second kappa shape index (κ2) is 8.33. The van der Waals surface area contributed by atoms with E-state index in [4.69, 9.17) is 4.74 Å². The number of carbonyl (C=O) groups is 2. The molecule has 0 aliphatic carbocycles. The van der Waals surface area contributed by atoms with Crippen LogP contribution in [0.4, 0.5) is 8.78 Å². The predicted molar refractivity (Wildman–Crippen MR) is 98.2 cm³/mol. The van der Waals surface area contributed by atoms with Gasteiger partial charge in [0.2, 0.25) is 5.88 Å². The number of aromatic nitrogens is 1. The largest absolute Gasteiger partial charge is 0.474 e. The third kappa shape index (κ3) is 4.27. The van der Waals surface area contributed by atoms with Crippen LogP contribution in [-0.2, 0) is 0 Å². The standard InChI is InChI=1S/C20H21F2N3O3/c1-24(2)19(26)13-6-7-17(23-12-13)28-14-8-10-25(11-9-14)20(27)15-4-3-5-16(21)18(15)22/h3-7,12,14H,8-11H2,1-2H3. The molecule has 3 rings (SSSR count). The number of nitrogens with zero attached hydrogens (tertiary/aromatic N) is 3. The molecule has 148 valence electrons. The number of hydrogen-bond acceptors (Lipinski definition) is 4. The minimum absolute atomic E-state index is 0.143. The Balaban J connectivity index is 1.56. The van der Waals surface area contributed by atoms with Crippen LogP contribution in [0.25, 0.3) is 0 Å². The first-order chi connectivity index (χ1) is 13.4. The molecule has 1 fully saturated rings. The summed E-state index contributed by atoms with van der Waals surface area (Å²) < 4.78 is 33.0. The van der Waals surface area contributed by atoms with Crippen LogP contribution >= 0.6 is 0 Å². The first-order valence-corrected chi connectivity index (χ1v) is 8.94. The molecular weight excluding hydrogens is 368 g/mol. The van der Waals surface area contributed by atoms with E-state index in [1.54, 1.807) is 26.2 Å². The van der Waals surface area contributed by atoms with Crippen LogP contribution in [0.15, 0.2) is 36.5 Å². The Bertz CT molecular complexity index is 863. The van der Waals surface area contributed by atoms with Gasteiger partial charge in [0, 0.05) is 52.3 Å². The third-order valence-corrected chi connectivity index (χ3v) is 4.59. The number of amides is 2. The summed E-state index contributed by atoms with van der Waals surface area (Å²) >= 11 is 0. The van der Waals surface area contributed by atoms with E-state index in [2.05, 4.69) is 4.98 Å². The second-order valence-corrected chi connectivity index (χ2v) is 6.80. The van der Waals surface area contributed by atoms with Crippen molar-refractivity contribution < 1.29 is 23.1 Å². The van der Waals surface area contributed by atoms with Crippen molar-refractivity contribution >= 4 is 11.8 Å². The highest BCUT2D eigenvalue weighted by molar-refractivity contribution is 5.94. The van der Waals surface area contributed by atoms with Crippen LogP contribution in [0.2, 0.25) is 0 Å². The summed E-state index contributed by atoms with van der Waals surface area (Å²) in [6, 6.07) is 6.87. The molecular formula is C20H21F2N3O3. The number of piperidine rings is 1. The van der Waals surface area contributed by atoms with Gasteiger partial charge in [-0.3, -0.25) is 9.59 Å². The van der Waals surface area contributed by atoms with E-state index in [0.717, 1.165) is 6.07 Å². The van der Waals surface area contributed by atoms with Gasteiger partial charge in [0.25, 0.3) is 11.8 Å². The molecule has 1 aromatic heterocycles. The summed E-state index contributed by atoms with van der Waals surface area (Å²) in [4.78, 5) is 31.4. The van der Waals surface area contributed by atoms with Crippen molar-refractivity contribution in [2.45, 2.75) is 18.9 Å². The van der Waals surface area contributed by atoms with E-state index >= 15 is 0 Å². The molecule has 1 saturated heterocycles. The minimum atomic E-state index is -1.12. The Morgan fingerprint density at radius 3 is 2.46 bits per heavy atom. The van der Waals surface area contributed by atoms with Gasteiger partial charge in [-0.25, -0.2) is 13.8 Å². The van der Waals surface area contributed by atoms with Crippen LogP contribution in [0.3, 0.4) is 0 Å². The van der Waals surface area contributed by atoms with Crippen molar-refractivity contribution in [1.29, 1.82) is 0 Å². The van der Waals surface area contributed by atoms with Gasteiger partial charge >= 0.3 is 0 Å². The Morgan fingerprint density at radius 1 is 1.14 bits per heavy atom. The highest BCUT2D eigenvalue weighted by Crippen LogP contribution is 2.21. The molecule has 2 aromatic rings. The zero-order chi connectivity index (χ0) is 20.3. The molecule has 28 heavy (non-hydrogen) atoms. The van der Waals surface area contributed by atoms with Crippen molar-refractivity contribution in [3.05, 3.63) is 59.3 Å². The molecule has 2 heterocycles. The Labute approximate surface area is 161 Å². The monoisotopic (exact) mass is 389 g/mol. The van der Waals surface area contributed by atoms with Crippen LogP contribution < -0.4 is 4.74 Å². The second-order valence-electron chi connectivity index (χ2n) is 6.80. The van der Waals surface area contributed by atoms with Crippen LogP contribution in [0.5, 0.6) is 5.88 Å². The average molecular weight is 389 g/mol. The summed E-state index contributed by atoms with van der Waals surface area (Å²) in [5.41, 5.74) is 0.206. The van der Waals surface area contributed by atoms with Gasteiger partial charge in [-0.15, -0.1) is 0 Å². The molecule has 0 N–H and O–H groups in total. The maximum absolute atomic E-state index is 13.8. The maximum atomic E-state index is 13.8. The van der Waals surface area contributed by atoms with Crippen LogP contribution in [0.1, 0.15) is 33.6 Å². The lowest BCUT2D eigenvalue weighted by molar-refractivity contribution is 0.0583. The van der Waals surface area contributed by atoms with E-state index in [0.29, 0.717) is 37.4 Å². The van der Waals surface area contributed by atoms with Gasteiger partial charge in [-0.05, 0) is 18.2 Å². The van der Waals surface area contributed by atoms with Gasteiger partial charge in [0.1, 0.15) is 6.10 Å². The molecule has 0 radical (unpaired) electrons. The third-order valence-electron chi connectivity index (χ3n) is 4.59. The molecule has 1 aromatic carbocycles. The van der Waals surface area contributed by atoms with Gasteiger partial charge < -0.3 is 14.5 Å². The molecule has 2 amide bonds. The summed E-state index contributed by atoms with van der Waals surface area (Å²) in [5.74, 6) is -2.43. The highest BCUT2D eigenvalue weighted by Gasteiger charge is 2.27. The maximum Gasteiger partial charge on any atom is 0.256 e. The van der Waals surface area contributed by atoms with E-state index in [-0.39, 0.29) is 17.6 Å². The van der Waals surface area contributed by atoms with E-state index in [9.17, 15) is 18.4 Å². The molecule has 0 unspecified atom stereocenters. The lowest BCUT2D eigenvalue weighted by Gasteiger charge is -2.32. The average Bonchev–Trinajstić information content (AvgIpc) is 2.70. The number of ether oxygens (including phenoxy) is 1. The first kappa shape index (κ1) is 19.7. The van der Waals surface area contributed by atoms with Crippen molar-refractivity contribution in [3.63, 3.8) is 0 Å². The van der Waals surface area contributed by atoms with E-state index in [1.807, 2.05) is 0 Å². The predicted octanol–water partition coefficient (Wildman–Crippen LogP) is 2.75. The molecule has 0 spiro atoms. The number of carbonyl (C=O) groups excluding carboxylic acids is 2. The number of benzene rings is 1. The lowest BCUT2D eigenvalue weighted by Crippen LogP contribution is -2.42. The molecule has 8 heteroatoms. The molecule has 0 atom stereocenters.